The molecule has 0 unspecified atom stereocenters. The summed E-state index contributed by atoms with van der Waals surface area (Å²) in [4.78, 5) is 27.9. The minimum Gasteiger partial charge on any atom is -0.480 e. The number of carboxylic acid groups (broad SMARTS) is 1. The number of amides is 1. The molecule has 1 aliphatic carbocycles. The van der Waals surface area contributed by atoms with Crippen LogP contribution in [0.5, 0.6) is 0 Å². The van der Waals surface area contributed by atoms with Crippen LogP contribution < -0.4 is 10.6 Å². The summed E-state index contributed by atoms with van der Waals surface area (Å²) < 4.78 is 5.84. The summed E-state index contributed by atoms with van der Waals surface area (Å²) in [6.07, 6.45) is 8.99. The van der Waals surface area contributed by atoms with E-state index in [2.05, 4.69) is 22.8 Å². The number of pyridine rings is 1. The lowest BCUT2D eigenvalue weighted by molar-refractivity contribution is -0.142. The lowest BCUT2D eigenvalue weighted by Gasteiger charge is -2.35. The second kappa shape index (κ2) is 11.3. The molecule has 0 aromatic carbocycles. The molecule has 1 aromatic rings. The van der Waals surface area contributed by atoms with Crippen LogP contribution in [0.15, 0.2) is 12.1 Å². The summed E-state index contributed by atoms with van der Waals surface area (Å²) in [5.74, 6) is 0.508. The Morgan fingerprint density at radius 3 is 2.97 bits per heavy atom. The fourth-order valence-electron chi connectivity index (χ4n) is 4.12. The molecule has 0 bridgehead atoms. The Hall–Kier alpha value is -2.15. The fraction of sp³-hybridized carbons (Fsp3) is 0.696. The molecule has 7 nitrogen and oxygen atoms in total. The Kier molecular flexibility index (Phi) is 8.49. The van der Waals surface area contributed by atoms with Gasteiger partial charge in [0.1, 0.15) is 11.9 Å². The molecule has 0 spiro atoms. The molecule has 1 amide bonds. The molecule has 1 aromatic heterocycles. The maximum Gasteiger partial charge on any atom is 0.326 e. The molecule has 1 fully saturated rings. The first kappa shape index (κ1) is 22.5. The number of carbonyl (C=O) groups excluding carboxylic acids is 1. The van der Waals surface area contributed by atoms with Crippen LogP contribution >= 0.6 is 0 Å². The van der Waals surface area contributed by atoms with Crippen molar-refractivity contribution in [2.24, 2.45) is 5.92 Å². The lowest BCUT2D eigenvalue weighted by atomic mass is 9.79. The Morgan fingerprint density at radius 1 is 1.37 bits per heavy atom. The third kappa shape index (κ3) is 6.69. The minimum atomic E-state index is -0.998. The standard InChI is InChI=1S/C23H35N3O4/c1-2-3-6-21(27)26-20(23(28)29)11-13-30-19-14-16(15-19)7-9-18-10-8-17-5-4-12-24-22(17)25-18/h8,10,16,19-20H,2-7,9,11-15H2,1H3,(H,24,25)(H,26,27)(H,28,29)/t16?,19?,20-/m0/s1. The van der Waals surface area contributed by atoms with E-state index in [-0.39, 0.29) is 12.0 Å². The summed E-state index contributed by atoms with van der Waals surface area (Å²) >= 11 is 0. The van der Waals surface area contributed by atoms with Crippen molar-refractivity contribution in [2.75, 3.05) is 18.5 Å². The summed E-state index contributed by atoms with van der Waals surface area (Å²) in [6.45, 7) is 3.37. The molecule has 0 saturated heterocycles. The second-order valence-electron chi connectivity index (χ2n) is 8.56. The molecule has 2 aliphatic rings. The second-order valence-corrected chi connectivity index (χ2v) is 8.56. The highest BCUT2D eigenvalue weighted by molar-refractivity contribution is 5.83. The Bertz CT molecular complexity index is 718. The number of fused-ring (bicyclic) bond motifs is 1. The van der Waals surface area contributed by atoms with E-state index in [0.29, 0.717) is 25.4 Å². The average Bonchev–Trinajstić information content (AvgIpc) is 2.72. The average molecular weight is 418 g/mol. The number of hydrogen-bond donors (Lipinski definition) is 3. The van der Waals surface area contributed by atoms with Crippen LogP contribution in [0.1, 0.15) is 69.5 Å². The first-order valence-corrected chi connectivity index (χ1v) is 11.4. The molecule has 30 heavy (non-hydrogen) atoms. The minimum absolute atomic E-state index is 0.195. The van der Waals surface area contributed by atoms with Crippen molar-refractivity contribution >= 4 is 17.7 Å². The first-order valence-electron chi connectivity index (χ1n) is 11.4. The Balaban J connectivity index is 1.30. The van der Waals surface area contributed by atoms with Crippen LogP contribution in [0.2, 0.25) is 0 Å². The summed E-state index contributed by atoms with van der Waals surface area (Å²) in [5.41, 5.74) is 2.47. The van der Waals surface area contributed by atoms with E-state index < -0.39 is 12.0 Å². The van der Waals surface area contributed by atoms with E-state index >= 15 is 0 Å². The van der Waals surface area contributed by atoms with Gasteiger partial charge in [0, 0.05) is 31.7 Å². The number of nitrogens with one attached hydrogen (secondary N) is 2. The molecule has 3 N–H and O–H groups in total. The van der Waals surface area contributed by atoms with Gasteiger partial charge in [0.05, 0.1) is 6.10 Å². The number of carboxylic acids is 1. The van der Waals surface area contributed by atoms with Gasteiger partial charge in [0.15, 0.2) is 0 Å². The van der Waals surface area contributed by atoms with E-state index in [1.165, 1.54) is 12.0 Å². The zero-order valence-corrected chi connectivity index (χ0v) is 18.0. The van der Waals surface area contributed by atoms with Gasteiger partial charge >= 0.3 is 5.97 Å². The molecular weight excluding hydrogens is 382 g/mol. The van der Waals surface area contributed by atoms with Crippen LogP contribution in [0.3, 0.4) is 0 Å². The molecule has 2 heterocycles. The van der Waals surface area contributed by atoms with E-state index in [1.54, 1.807) is 0 Å². The molecule has 0 radical (unpaired) electrons. The molecule has 1 saturated carbocycles. The zero-order chi connectivity index (χ0) is 21.3. The Labute approximate surface area is 179 Å². The third-order valence-electron chi connectivity index (χ3n) is 6.10. The molecule has 3 rings (SSSR count). The van der Waals surface area contributed by atoms with Crippen LogP contribution in [-0.2, 0) is 27.2 Å². The number of rotatable bonds is 12. The monoisotopic (exact) mass is 417 g/mol. The number of carbonyl (C=O) groups is 2. The van der Waals surface area contributed by atoms with E-state index in [1.807, 2.05) is 6.92 Å². The van der Waals surface area contributed by atoms with Gasteiger partial charge in [-0.1, -0.05) is 19.4 Å². The fourth-order valence-corrected chi connectivity index (χ4v) is 4.12. The number of anilines is 1. The lowest BCUT2D eigenvalue weighted by Crippen LogP contribution is -2.42. The predicted octanol–water partition coefficient (Wildman–Crippen LogP) is 3.32. The highest BCUT2D eigenvalue weighted by Crippen LogP contribution is 2.34. The normalized spacial score (nSPS) is 21.1. The van der Waals surface area contributed by atoms with Crippen molar-refractivity contribution in [1.29, 1.82) is 0 Å². The zero-order valence-electron chi connectivity index (χ0n) is 18.0. The van der Waals surface area contributed by atoms with Crippen LogP contribution in [0, 0.1) is 5.92 Å². The van der Waals surface area contributed by atoms with Gasteiger partial charge in [-0.05, 0) is 62.5 Å². The topological polar surface area (TPSA) is 101 Å². The van der Waals surface area contributed by atoms with Crippen molar-refractivity contribution < 1.29 is 19.4 Å². The van der Waals surface area contributed by atoms with Crippen molar-refractivity contribution in [2.45, 2.75) is 83.3 Å². The van der Waals surface area contributed by atoms with Crippen LogP contribution in [-0.4, -0.2) is 47.3 Å². The smallest absolute Gasteiger partial charge is 0.326 e. The van der Waals surface area contributed by atoms with Gasteiger partial charge in [-0.2, -0.15) is 0 Å². The highest BCUT2D eigenvalue weighted by atomic mass is 16.5. The highest BCUT2D eigenvalue weighted by Gasteiger charge is 2.30. The molecular formula is C23H35N3O4. The molecule has 7 heteroatoms. The number of nitrogens with zero attached hydrogens (tertiary/aromatic N) is 1. The van der Waals surface area contributed by atoms with E-state index in [4.69, 9.17) is 9.72 Å². The molecule has 1 aliphatic heterocycles. The van der Waals surface area contributed by atoms with Crippen molar-refractivity contribution in [3.63, 3.8) is 0 Å². The number of aryl methyl sites for hydroxylation is 2. The summed E-state index contributed by atoms with van der Waals surface area (Å²) in [5, 5.41) is 15.3. The van der Waals surface area contributed by atoms with Crippen LogP contribution in [0.25, 0.3) is 0 Å². The van der Waals surface area contributed by atoms with Gasteiger partial charge in [-0.25, -0.2) is 9.78 Å². The number of aliphatic carboxylic acids is 1. The number of unbranched alkanes of at least 4 members (excludes halogenated alkanes) is 1. The van der Waals surface area contributed by atoms with Crippen molar-refractivity contribution in [1.82, 2.24) is 10.3 Å². The van der Waals surface area contributed by atoms with E-state index in [0.717, 1.165) is 63.0 Å². The maximum atomic E-state index is 11.8. The number of hydrogen-bond acceptors (Lipinski definition) is 5. The van der Waals surface area contributed by atoms with Gasteiger partial charge in [0.2, 0.25) is 5.91 Å². The molecule has 166 valence electrons. The van der Waals surface area contributed by atoms with Gasteiger partial charge in [0.25, 0.3) is 0 Å². The SMILES string of the molecule is CCCCC(=O)N[C@@H](CCOC1CC(CCc2ccc3c(n2)NCCC3)C1)C(=O)O. The van der Waals surface area contributed by atoms with Crippen LogP contribution in [0.4, 0.5) is 5.82 Å². The molecule has 1 atom stereocenters. The van der Waals surface area contributed by atoms with Crippen molar-refractivity contribution in [3.05, 3.63) is 23.4 Å². The third-order valence-corrected chi connectivity index (χ3v) is 6.10. The van der Waals surface area contributed by atoms with Gasteiger partial charge in [-0.3, -0.25) is 4.79 Å². The van der Waals surface area contributed by atoms with Crippen molar-refractivity contribution in [3.8, 4) is 0 Å². The Morgan fingerprint density at radius 2 is 2.20 bits per heavy atom. The first-order chi connectivity index (χ1) is 14.5. The quantitative estimate of drug-likeness (QED) is 0.482. The van der Waals surface area contributed by atoms with Gasteiger partial charge in [-0.15, -0.1) is 0 Å². The summed E-state index contributed by atoms with van der Waals surface area (Å²) in [6, 6.07) is 3.49. The predicted molar refractivity (Wildman–Crippen MR) is 116 cm³/mol. The maximum absolute atomic E-state index is 11.8. The van der Waals surface area contributed by atoms with E-state index in [9.17, 15) is 14.7 Å². The number of aromatic nitrogens is 1. The largest absolute Gasteiger partial charge is 0.480 e. The number of ether oxygens (including phenoxy) is 1. The summed E-state index contributed by atoms with van der Waals surface area (Å²) in [7, 11) is 0. The van der Waals surface area contributed by atoms with Gasteiger partial charge < -0.3 is 20.5 Å².